The number of hydrogen-bond acceptors (Lipinski definition) is 4. The number of morpholine rings is 1. The third-order valence-corrected chi connectivity index (χ3v) is 3.90. The summed E-state index contributed by atoms with van der Waals surface area (Å²) in [5.74, 6) is 0.718. The van der Waals surface area contributed by atoms with Crippen LogP contribution in [0.5, 0.6) is 0 Å². The number of carbonyl (C=O) groups is 1. The predicted octanol–water partition coefficient (Wildman–Crippen LogP) is 2.58. The topological polar surface area (TPSA) is 55.6 Å². The van der Waals surface area contributed by atoms with E-state index in [4.69, 9.17) is 9.15 Å². The summed E-state index contributed by atoms with van der Waals surface area (Å²) < 4.78 is 24.1. The lowest BCUT2D eigenvalue weighted by molar-refractivity contribution is -0.137. The summed E-state index contributed by atoms with van der Waals surface area (Å²) >= 11 is 0. The van der Waals surface area contributed by atoms with Crippen LogP contribution in [-0.2, 0) is 16.0 Å². The van der Waals surface area contributed by atoms with Gasteiger partial charge in [-0.3, -0.25) is 4.79 Å². The molecule has 0 aliphatic carbocycles. The molecular weight excluding hydrogens is 299 g/mol. The van der Waals surface area contributed by atoms with Gasteiger partial charge in [0.1, 0.15) is 11.6 Å². The van der Waals surface area contributed by atoms with Crippen molar-refractivity contribution >= 4 is 5.91 Å². The van der Waals surface area contributed by atoms with Crippen LogP contribution in [-0.4, -0.2) is 41.6 Å². The normalized spacial score (nSPS) is 18.2. The molecule has 23 heavy (non-hydrogen) atoms. The van der Waals surface area contributed by atoms with E-state index in [1.165, 1.54) is 12.1 Å². The highest BCUT2D eigenvalue weighted by molar-refractivity contribution is 5.78. The van der Waals surface area contributed by atoms with Gasteiger partial charge in [0.2, 0.25) is 11.8 Å². The molecule has 0 saturated carbocycles. The molecule has 5 nitrogen and oxygen atoms in total. The molecule has 0 spiro atoms. The minimum Gasteiger partial charge on any atom is -0.441 e. The Balaban J connectivity index is 1.73. The molecule has 2 aromatic rings. The average molecular weight is 318 g/mol. The fourth-order valence-corrected chi connectivity index (χ4v) is 2.61. The maximum Gasteiger partial charge on any atom is 0.228 e. The summed E-state index contributed by atoms with van der Waals surface area (Å²) in [5.41, 5.74) is 1.31. The zero-order chi connectivity index (χ0) is 16.4. The Hall–Kier alpha value is -2.21. The molecule has 1 aliphatic rings. The van der Waals surface area contributed by atoms with Gasteiger partial charge in [-0.2, -0.15) is 0 Å². The van der Waals surface area contributed by atoms with Gasteiger partial charge in [0.05, 0.1) is 24.8 Å². The highest BCUT2D eigenvalue weighted by atomic mass is 19.1. The summed E-state index contributed by atoms with van der Waals surface area (Å²) in [4.78, 5) is 18.6. The van der Waals surface area contributed by atoms with Gasteiger partial charge in [-0.1, -0.05) is 0 Å². The van der Waals surface area contributed by atoms with Crippen molar-refractivity contribution in [2.24, 2.45) is 0 Å². The number of halogens is 1. The van der Waals surface area contributed by atoms with Crippen LogP contribution in [0, 0.1) is 12.7 Å². The van der Waals surface area contributed by atoms with E-state index in [1.54, 1.807) is 24.0 Å². The molecular formula is C17H19FN2O3. The molecule has 0 bridgehead atoms. The second-order valence-corrected chi connectivity index (χ2v) is 5.73. The van der Waals surface area contributed by atoms with Crippen LogP contribution in [0.3, 0.4) is 0 Å². The lowest BCUT2D eigenvalue weighted by Gasteiger charge is -2.31. The molecule has 1 aromatic carbocycles. The predicted molar refractivity (Wildman–Crippen MR) is 82.3 cm³/mol. The first-order valence-corrected chi connectivity index (χ1v) is 7.64. The van der Waals surface area contributed by atoms with Crippen molar-refractivity contribution in [1.82, 2.24) is 9.88 Å². The molecule has 0 radical (unpaired) electrons. The number of aryl methyl sites for hydroxylation is 1. The largest absolute Gasteiger partial charge is 0.441 e. The zero-order valence-corrected chi connectivity index (χ0v) is 13.2. The first-order valence-electron chi connectivity index (χ1n) is 7.64. The van der Waals surface area contributed by atoms with E-state index in [0.29, 0.717) is 42.6 Å². The van der Waals surface area contributed by atoms with E-state index in [-0.39, 0.29) is 24.2 Å². The molecule has 1 atom stereocenters. The van der Waals surface area contributed by atoms with Crippen LogP contribution in [0.15, 0.2) is 28.7 Å². The fraction of sp³-hybridized carbons (Fsp3) is 0.412. The molecule has 122 valence electrons. The number of ether oxygens (including phenoxy) is 1. The minimum absolute atomic E-state index is 0.0159. The lowest BCUT2D eigenvalue weighted by atomic mass is 10.2. The molecule has 1 saturated heterocycles. The number of hydrogen-bond donors (Lipinski definition) is 0. The number of amides is 1. The van der Waals surface area contributed by atoms with E-state index < -0.39 is 0 Å². The van der Waals surface area contributed by atoms with Crippen molar-refractivity contribution in [1.29, 1.82) is 0 Å². The van der Waals surface area contributed by atoms with Crippen LogP contribution in [0.2, 0.25) is 0 Å². The smallest absolute Gasteiger partial charge is 0.228 e. The van der Waals surface area contributed by atoms with Crippen LogP contribution < -0.4 is 0 Å². The van der Waals surface area contributed by atoms with Gasteiger partial charge in [-0.05, 0) is 38.1 Å². The van der Waals surface area contributed by atoms with Crippen molar-refractivity contribution in [3.63, 3.8) is 0 Å². The monoisotopic (exact) mass is 318 g/mol. The number of carbonyl (C=O) groups excluding carboxylic acids is 1. The Morgan fingerprint density at radius 2 is 2.13 bits per heavy atom. The Morgan fingerprint density at radius 1 is 1.39 bits per heavy atom. The van der Waals surface area contributed by atoms with Crippen LogP contribution in [0.1, 0.15) is 18.4 Å². The van der Waals surface area contributed by atoms with Crippen molar-refractivity contribution in [3.8, 4) is 11.5 Å². The van der Waals surface area contributed by atoms with E-state index in [2.05, 4.69) is 4.98 Å². The van der Waals surface area contributed by atoms with E-state index in [0.717, 1.165) is 0 Å². The molecule has 6 heteroatoms. The second-order valence-electron chi connectivity index (χ2n) is 5.73. The number of aromatic nitrogens is 1. The van der Waals surface area contributed by atoms with Crippen LogP contribution in [0.25, 0.3) is 11.5 Å². The van der Waals surface area contributed by atoms with E-state index in [9.17, 15) is 9.18 Å². The third-order valence-electron chi connectivity index (χ3n) is 3.90. The van der Waals surface area contributed by atoms with Gasteiger partial charge in [0.15, 0.2) is 0 Å². The molecule has 1 fully saturated rings. The Kier molecular flexibility index (Phi) is 4.43. The van der Waals surface area contributed by atoms with Crippen molar-refractivity contribution in [3.05, 3.63) is 41.5 Å². The summed E-state index contributed by atoms with van der Waals surface area (Å²) in [6.07, 6.45) is 0.254. The lowest BCUT2D eigenvalue weighted by Crippen LogP contribution is -2.45. The fourth-order valence-electron chi connectivity index (χ4n) is 2.61. The minimum atomic E-state index is -0.311. The van der Waals surface area contributed by atoms with Gasteiger partial charge in [0, 0.05) is 18.7 Å². The second kappa shape index (κ2) is 6.50. The number of oxazole rings is 1. The zero-order valence-electron chi connectivity index (χ0n) is 13.2. The SMILES string of the molecule is Cc1oc(-c2ccc(F)cc2)nc1CC(=O)N1CCOC(C)C1. The van der Waals surface area contributed by atoms with Crippen molar-refractivity contribution in [2.45, 2.75) is 26.4 Å². The Bertz CT molecular complexity index is 696. The standard InChI is InChI=1S/C17H19FN2O3/c1-11-10-20(7-8-22-11)16(21)9-15-12(2)23-17(19-15)13-3-5-14(18)6-4-13/h3-6,11H,7-10H2,1-2H3. The van der Waals surface area contributed by atoms with Gasteiger partial charge >= 0.3 is 0 Å². The maximum absolute atomic E-state index is 13.0. The molecule has 0 N–H and O–H groups in total. The average Bonchev–Trinajstić information content (AvgIpc) is 2.89. The molecule has 1 aliphatic heterocycles. The highest BCUT2D eigenvalue weighted by Gasteiger charge is 2.23. The first-order chi connectivity index (χ1) is 11.0. The Labute approximate surface area is 134 Å². The summed E-state index contributed by atoms with van der Waals surface area (Å²) in [6.45, 7) is 5.50. The number of rotatable bonds is 3. The van der Waals surface area contributed by atoms with E-state index >= 15 is 0 Å². The first kappa shape index (κ1) is 15.7. The van der Waals surface area contributed by atoms with E-state index in [1.807, 2.05) is 6.92 Å². The Morgan fingerprint density at radius 3 is 2.83 bits per heavy atom. The summed E-state index contributed by atoms with van der Waals surface area (Å²) in [5, 5.41) is 0. The molecule has 1 aromatic heterocycles. The van der Waals surface area contributed by atoms with Crippen LogP contribution >= 0.6 is 0 Å². The van der Waals surface area contributed by atoms with Gasteiger partial charge in [-0.25, -0.2) is 9.37 Å². The number of nitrogens with zero attached hydrogens (tertiary/aromatic N) is 2. The van der Waals surface area contributed by atoms with Crippen molar-refractivity contribution < 1.29 is 18.3 Å². The maximum atomic E-state index is 13.0. The molecule has 2 heterocycles. The van der Waals surface area contributed by atoms with Crippen LogP contribution in [0.4, 0.5) is 4.39 Å². The van der Waals surface area contributed by atoms with Gasteiger partial charge < -0.3 is 14.1 Å². The summed E-state index contributed by atoms with van der Waals surface area (Å²) in [7, 11) is 0. The number of benzene rings is 1. The van der Waals surface area contributed by atoms with Crippen molar-refractivity contribution in [2.75, 3.05) is 19.7 Å². The molecule has 1 amide bonds. The highest BCUT2D eigenvalue weighted by Crippen LogP contribution is 2.22. The third kappa shape index (κ3) is 3.59. The van der Waals surface area contributed by atoms with Gasteiger partial charge in [-0.15, -0.1) is 0 Å². The quantitative estimate of drug-likeness (QED) is 0.873. The van der Waals surface area contributed by atoms with Gasteiger partial charge in [0.25, 0.3) is 0 Å². The molecule has 1 unspecified atom stereocenters. The molecule has 3 rings (SSSR count). The summed E-state index contributed by atoms with van der Waals surface area (Å²) in [6, 6.07) is 5.93.